The molecule has 214 valence electrons. The number of hydrogen-bond acceptors (Lipinski definition) is 7. The maximum atomic E-state index is 12.7. The Bertz CT molecular complexity index is 1860. The minimum atomic E-state index is -3.60. The lowest BCUT2D eigenvalue weighted by molar-refractivity contribution is 0.284. The summed E-state index contributed by atoms with van der Waals surface area (Å²) in [6, 6.07) is 32.0. The Labute approximate surface area is 249 Å². The van der Waals surface area contributed by atoms with Crippen LogP contribution in [0, 0.1) is 0 Å². The van der Waals surface area contributed by atoms with Gasteiger partial charge in [0.05, 0.1) is 29.6 Å². The zero-order valence-electron chi connectivity index (χ0n) is 23.4. The van der Waals surface area contributed by atoms with E-state index in [1.807, 2.05) is 84.2 Å². The maximum Gasteiger partial charge on any atom is 0.242 e. The highest BCUT2D eigenvalue weighted by molar-refractivity contribution is 7.89. The molecular weight excluding hydrogens is 569 g/mol. The molecule has 0 aliphatic carbocycles. The van der Waals surface area contributed by atoms with Crippen molar-refractivity contribution in [2.45, 2.75) is 11.5 Å². The summed E-state index contributed by atoms with van der Waals surface area (Å²) in [5.41, 5.74) is 4.18. The van der Waals surface area contributed by atoms with Gasteiger partial charge < -0.3 is 9.47 Å². The molecule has 0 aliphatic heterocycles. The van der Waals surface area contributed by atoms with E-state index in [4.69, 9.17) is 19.6 Å². The van der Waals surface area contributed by atoms with Gasteiger partial charge in [0, 0.05) is 25.0 Å². The quantitative estimate of drug-likeness (QED) is 0.180. The summed E-state index contributed by atoms with van der Waals surface area (Å²) in [5, 5.41) is 6.79. The SMILES string of the molecule is COc1ccc(/C=N/n2c(-c3ccccc3)csc2=Nc2cccc(S(=O)(=O)N(C)C)c2)cc1OCc1ccccc1. The van der Waals surface area contributed by atoms with Gasteiger partial charge >= 0.3 is 0 Å². The highest BCUT2D eigenvalue weighted by Crippen LogP contribution is 2.29. The first-order chi connectivity index (χ1) is 20.3. The van der Waals surface area contributed by atoms with Gasteiger partial charge in [-0.05, 0) is 47.5 Å². The minimum Gasteiger partial charge on any atom is -0.493 e. The van der Waals surface area contributed by atoms with E-state index in [9.17, 15) is 8.42 Å². The second kappa shape index (κ2) is 13.0. The van der Waals surface area contributed by atoms with E-state index >= 15 is 0 Å². The van der Waals surface area contributed by atoms with Crippen LogP contribution in [0.25, 0.3) is 11.3 Å². The first-order valence-electron chi connectivity index (χ1n) is 13.1. The summed E-state index contributed by atoms with van der Waals surface area (Å²) in [4.78, 5) is 5.53. The van der Waals surface area contributed by atoms with E-state index in [-0.39, 0.29) is 4.90 Å². The van der Waals surface area contributed by atoms with E-state index < -0.39 is 10.0 Å². The fraction of sp³-hybridized carbons (Fsp3) is 0.125. The number of thiazole rings is 1. The molecule has 0 unspecified atom stereocenters. The molecule has 10 heteroatoms. The van der Waals surface area contributed by atoms with Crippen molar-refractivity contribution >= 4 is 33.3 Å². The van der Waals surface area contributed by atoms with Crippen molar-refractivity contribution in [1.29, 1.82) is 0 Å². The summed E-state index contributed by atoms with van der Waals surface area (Å²) in [5.74, 6) is 1.23. The molecule has 1 heterocycles. The van der Waals surface area contributed by atoms with Crippen LogP contribution in [0.4, 0.5) is 5.69 Å². The Morgan fingerprint density at radius 3 is 2.33 bits per heavy atom. The third-order valence-electron chi connectivity index (χ3n) is 6.32. The van der Waals surface area contributed by atoms with Crippen LogP contribution in [-0.2, 0) is 16.6 Å². The van der Waals surface area contributed by atoms with Crippen LogP contribution in [0.1, 0.15) is 11.1 Å². The van der Waals surface area contributed by atoms with Crippen LogP contribution in [-0.4, -0.2) is 44.8 Å². The Morgan fingerprint density at radius 1 is 0.881 bits per heavy atom. The zero-order valence-corrected chi connectivity index (χ0v) is 25.0. The number of rotatable bonds is 10. The van der Waals surface area contributed by atoms with Gasteiger partial charge in [0.25, 0.3) is 0 Å². The lowest BCUT2D eigenvalue weighted by Gasteiger charge is -2.11. The lowest BCUT2D eigenvalue weighted by atomic mass is 10.2. The Balaban J connectivity index is 1.53. The van der Waals surface area contributed by atoms with Crippen LogP contribution in [0.3, 0.4) is 0 Å². The zero-order chi connectivity index (χ0) is 29.5. The number of sulfonamides is 1. The van der Waals surface area contributed by atoms with E-state index in [0.29, 0.717) is 28.6 Å². The molecule has 42 heavy (non-hydrogen) atoms. The number of aromatic nitrogens is 1. The van der Waals surface area contributed by atoms with Crippen molar-refractivity contribution in [3.63, 3.8) is 0 Å². The third kappa shape index (κ3) is 6.68. The van der Waals surface area contributed by atoms with Crippen molar-refractivity contribution in [3.8, 4) is 22.8 Å². The minimum absolute atomic E-state index is 0.171. The Hall–Kier alpha value is -4.51. The Morgan fingerprint density at radius 2 is 1.62 bits per heavy atom. The monoisotopic (exact) mass is 598 g/mol. The van der Waals surface area contributed by atoms with Gasteiger partial charge in [-0.1, -0.05) is 66.7 Å². The average Bonchev–Trinajstić information content (AvgIpc) is 3.42. The highest BCUT2D eigenvalue weighted by Gasteiger charge is 2.17. The summed E-state index contributed by atoms with van der Waals surface area (Å²) >= 11 is 1.41. The van der Waals surface area contributed by atoms with Crippen molar-refractivity contribution in [1.82, 2.24) is 8.98 Å². The number of benzene rings is 4. The summed E-state index contributed by atoms with van der Waals surface area (Å²) in [6.45, 7) is 0.404. The van der Waals surface area contributed by atoms with Crippen molar-refractivity contribution in [2.75, 3.05) is 21.2 Å². The number of nitrogens with zero attached hydrogens (tertiary/aromatic N) is 4. The van der Waals surface area contributed by atoms with Crippen LogP contribution in [0.5, 0.6) is 11.5 Å². The standard InChI is InChI=1S/C32H30N4O4S2/c1-35(2)42(37,38)28-16-10-15-27(20-28)34-32-36(29(23-41-32)26-13-8-5-9-14-26)33-21-25-17-18-30(39-3)31(19-25)40-22-24-11-6-4-7-12-24/h4-21,23H,22H2,1-3H3/b33-21+,34-32?. The molecule has 0 spiro atoms. The van der Waals surface area contributed by atoms with Gasteiger partial charge in [0.1, 0.15) is 6.61 Å². The predicted octanol–water partition coefficient (Wildman–Crippen LogP) is 6.17. The first-order valence-corrected chi connectivity index (χ1v) is 15.4. The first kappa shape index (κ1) is 29.0. The fourth-order valence-electron chi connectivity index (χ4n) is 4.08. The molecule has 5 rings (SSSR count). The van der Waals surface area contributed by atoms with E-state index in [2.05, 4.69) is 0 Å². The smallest absolute Gasteiger partial charge is 0.242 e. The van der Waals surface area contributed by atoms with Crippen LogP contribution < -0.4 is 14.3 Å². The van der Waals surface area contributed by atoms with Crippen LogP contribution in [0.15, 0.2) is 123 Å². The molecule has 4 aromatic carbocycles. The second-order valence-electron chi connectivity index (χ2n) is 9.41. The molecule has 0 radical (unpaired) electrons. The van der Waals surface area contributed by atoms with Gasteiger partial charge in [-0.2, -0.15) is 5.10 Å². The van der Waals surface area contributed by atoms with Crippen molar-refractivity contribution < 1.29 is 17.9 Å². The normalized spacial score (nSPS) is 12.2. The molecule has 0 aliphatic rings. The van der Waals surface area contributed by atoms with Gasteiger partial charge in [-0.15, -0.1) is 11.3 Å². The Kier molecular flexibility index (Phi) is 8.97. The van der Waals surface area contributed by atoms with Gasteiger partial charge in [0.2, 0.25) is 14.8 Å². The molecule has 0 fully saturated rings. The van der Waals surface area contributed by atoms with E-state index in [1.54, 1.807) is 42.3 Å². The summed E-state index contributed by atoms with van der Waals surface area (Å²) in [6.07, 6.45) is 1.74. The number of methoxy groups -OCH3 is 1. The maximum absolute atomic E-state index is 12.7. The molecule has 5 aromatic rings. The molecule has 1 aromatic heterocycles. The lowest BCUT2D eigenvalue weighted by Crippen LogP contribution is -2.22. The molecule has 0 N–H and O–H groups in total. The molecular formula is C32H30N4O4S2. The number of ether oxygens (including phenoxy) is 2. The molecule has 0 atom stereocenters. The van der Waals surface area contributed by atoms with Crippen LogP contribution in [0.2, 0.25) is 0 Å². The van der Waals surface area contributed by atoms with E-state index in [1.165, 1.54) is 29.7 Å². The van der Waals surface area contributed by atoms with Gasteiger partial charge in [-0.3, -0.25) is 0 Å². The molecule has 0 saturated carbocycles. The summed E-state index contributed by atoms with van der Waals surface area (Å²) in [7, 11) is 1.02. The predicted molar refractivity (Wildman–Crippen MR) is 167 cm³/mol. The highest BCUT2D eigenvalue weighted by atomic mass is 32.2. The molecule has 8 nitrogen and oxygen atoms in total. The number of hydrogen-bond donors (Lipinski definition) is 0. The fourth-order valence-corrected chi connectivity index (χ4v) is 5.88. The molecule has 0 bridgehead atoms. The topological polar surface area (TPSA) is 85.5 Å². The van der Waals surface area contributed by atoms with Gasteiger partial charge in [0.15, 0.2) is 11.5 Å². The largest absolute Gasteiger partial charge is 0.493 e. The molecule has 0 amide bonds. The summed E-state index contributed by atoms with van der Waals surface area (Å²) < 4.78 is 39.9. The average molecular weight is 599 g/mol. The van der Waals surface area contributed by atoms with Crippen molar-refractivity contribution in [2.24, 2.45) is 10.1 Å². The van der Waals surface area contributed by atoms with Crippen molar-refractivity contribution in [3.05, 3.63) is 124 Å². The van der Waals surface area contributed by atoms with Crippen LogP contribution >= 0.6 is 11.3 Å². The van der Waals surface area contributed by atoms with Gasteiger partial charge in [-0.25, -0.2) is 22.4 Å². The van der Waals surface area contributed by atoms with E-state index in [0.717, 1.165) is 22.4 Å². The second-order valence-corrected chi connectivity index (χ2v) is 12.4. The third-order valence-corrected chi connectivity index (χ3v) is 8.95. The molecule has 0 saturated heterocycles.